The van der Waals surface area contributed by atoms with Gasteiger partial charge in [-0.1, -0.05) is 29.8 Å². The van der Waals surface area contributed by atoms with Crippen LogP contribution in [0.4, 0.5) is 5.69 Å². The van der Waals surface area contributed by atoms with E-state index in [0.717, 1.165) is 4.31 Å². The summed E-state index contributed by atoms with van der Waals surface area (Å²) in [7, 11) is -1.51. The third kappa shape index (κ3) is 6.32. The highest BCUT2D eigenvalue weighted by Crippen LogP contribution is 2.47. The lowest BCUT2D eigenvalue weighted by molar-refractivity contribution is 0.0600. The van der Waals surface area contributed by atoms with E-state index in [2.05, 4.69) is 0 Å². The number of esters is 1. The summed E-state index contributed by atoms with van der Waals surface area (Å²) in [4.78, 5) is 12.6. The zero-order valence-electron chi connectivity index (χ0n) is 21.7. The maximum absolute atomic E-state index is 14.1. The summed E-state index contributed by atoms with van der Waals surface area (Å²) in [6.45, 7) is 4.61. The first kappa shape index (κ1) is 29.1. The van der Waals surface area contributed by atoms with E-state index in [1.54, 1.807) is 51.1 Å². The Kier molecular flexibility index (Phi) is 9.14. The van der Waals surface area contributed by atoms with Gasteiger partial charge < -0.3 is 24.1 Å². The highest BCUT2D eigenvalue weighted by Gasteiger charge is 2.38. The van der Waals surface area contributed by atoms with Gasteiger partial charge in [0.05, 0.1) is 42.0 Å². The van der Waals surface area contributed by atoms with E-state index in [0.29, 0.717) is 5.75 Å². The van der Waals surface area contributed by atoms with Crippen LogP contribution in [0, 0.1) is 0 Å². The molecule has 0 saturated carbocycles. The molecule has 0 heterocycles. The lowest BCUT2D eigenvalue weighted by Gasteiger charge is -2.37. The fourth-order valence-corrected chi connectivity index (χ4v) is 5.67. The summed E-state index contributed by atoms with van der Waals surface area (Å²) >= 11 is 6.40. The van der Waals surface area contributed by atoms with Crippen LogP contribution >= 0.6 is 11.6 Å². The van der Waals surface area contributed by atoms with Crippen LogP contribution in [0.2, 0.25) is 5.02 Å². The molecule has 0 bridgehead atoms. The van der Waals surface area contributed by atoms with E-state index in [9.17, 15) is 18.3 Å². The minimum absolute atomic E-state index is 0.00363. The zero-order valence-corrected chi connectivity index (χ0v) is 23.3. The number of sulfonamides is 1. The second-order valence-electron chi connectivity index (χ2n) is 9.04. The maximum Gasteiger partial charge on any atom is 0.338 e. The Bertz CT molecular complexity index is 1390. The van der Waals surface area contributed by atoms with Gasteiger partial charge in [0, 0.05) is 11.6 Å². The standard InChI is InChI=1S/C27H30ClNO8S/c1-27(2,3)29(38(32,33)20-9-7-6-8-10-20)22-15-18(26(31)35-5)16-24(36-14-13-30)25(22)37-23-17-19(34-4)11-12-21(23)28/h6-12,15-17,30H,13-14H2,1-5H3. The molecule has 0 aliphatic rings. The number of methoxy groups -OCH3 is 2. The first-order chi connectivity index (χ1) is 17.9. The van der Waals surface area contributed by atoms with Gasteiger partial charge in [-0.25, -0.2) is 13.2 Å². The number of rotatable bonds is 10. The first-order valence-electron chi connectivity index (χ1n) is 11.6. The van der Waals surface area contributed by atoms with Gasteiger partial charge in [-0.2, -0.15) is 0 Å². The summed E-state index contributed by atoms with van der Waals surface area (Å²) in [5, 5.41) is 9.65. The second-order valence-corrected chi connectivity index (χ2v) is 11.2. The van der Waals surface area contributed by atoms with Gasteiger partial charge in [0.1, 0.15) is 18.1 Å². The van der Waals surface area contributed by atoms with Gasteiger partial charge >= 0.3 is 5.97 Å². The normalized spacial score (nSPS) is 11.6. The first-order valence-corrected chi connectivity index (χ1v) is 13.4. The van der Waals surface area contributed by atoms with Crippen LogP contribution in [0.3, 0.4) is 0 Å². The number of carbonyl (C=O) groups is 1. The van der Waals surface area contributed by atoms with Crippen LogP contribution in [0.25, 0.3) is 0 Å². The van der Waals surface area contributed by atoms with Crippen molar-refractivity contribution >= 4 is 33.3 Å². The number of ether oxygens (including phenoxy) is 4. The predicted molar refractivity (Wildman–Crippen MR) is 144 cm³/mol. The molecule has 1 N–H and O–H groups in total. The van der Waals surface area contributed by atoms with Crippen molar-refractivity contribution in [1.29, 1.82) is 0 Å². The van der Waals surface area contributed by atoms with Crippen LogP contribution in [0.5, 0.6) is 23.0 Å². The Labute approximate surface area is 227 Å². The molecule has 0 atom stereocenters. The van der Waals surface area contributed by atoms with Crippen LogP contribution in [-0.4, -0.2) is 52.5 Å². The minimum Gasteiger partial charge on any atom is -0.497 e. The van der Waals surface area contributed by atoms with Crippen molar-refractivity contribution in [3.05, 3.63) is 71.2 Å². The Morgan fingerprint density at radius 2 is 1.68 bits per heavy atom. The number of benzene rings is 3. The van der Waals surface area contributed by atoms with Crippen molar-refractivity contribution in [3.8, 4) is 23.0 Å². The molecule has 0 aliphatic heterocycles. The Hall–Kier alpha value is -3.47. The lowest BCUT2D eigenvalue weighted by Crippen LogP contribution is -2.46. The molecule has 9 nitrogen and oxygen atoms in total. The number of carbonyl (C=O) groups excluding carboxylic acids is 1. The number of aliphatic hydroxyl groups excluding tert-OH is 1. The molecule has 0 aliphatic carbocycles. The highest BCUT2D eigenvalue weighted by atomic mass is 35.5. The topological polar surface area (TPSA) is 112 Å². The van der Waals surface area contributed by atoms with E-state index in [1.165, 1.54) is 44.6 Å². The van der Waals surface area contributed by atoms with Crippen LogP contribution in [0.1, 0.15) is 31.1 Å². The molecular weight excluding hydrogens is 534 g/mol. The van der Waals surface area contributed by atoms with E-state index in [-0.39, 0.29) is 51.6 Å². The average molecular weight is 564 g/mol. The van der Waals surface area contributed by atoms with Gasteiger partial charge in [0.15, 0.2) is 11.5 Å². The fraction of sp³-hybridized carbons (Fsp3) is 0.296. The third-order valence-electron chi connectivity index (χ3n) is 5.27. The second kappa shape index (κ2) is 11.9. The van der Waals surface area contributed by atoms with E-state index < -0.39 is 21.5 Å². The summed E-state index contributed by atoms with van der Waals surface area (Å²) in [6.07, 6.45) is 0. The summed E-state index contributed by atoms with van der Waals surface area (Å²) in [5.41, 5.74) is -1.04. The predicted octanol–water partition coefficient (Wildman–Crippen LogP) is 5.29. The molecular formula is C27H30ClNO8S. The van der Waals surface area contributed by atoms with Gasteiger partial charge in [0.25, 0.3) is 10.0 Å². The monoisotopic (exact) mass is 563 g/mol. The Morgan fingerprint density at radius 3 is 2.26 bits per heavy atom. The molecule has 0 saturated heterocycles. The number of halogens is 1. The zero-order chi connectivity index (χ0) is 28.1. The molecule has 0 aromatic heterocycles. The number of nitrogens with zero attached hydrogens (tertiary/aromatic N) is 1. The molecule has 11 heteroatoms. The third-order valence-corrected chi connectivity index (χ3v) is 7.67. The summed E-state index contributed by atoms with van der Waals surface area (Å²) < 4.78 is 51.4. The maximum atomic E-state index is 14.1. The van der Waals surface area contributed by atoms with Crippen LogP contribution < -0.4 is 18.5 Å². The van der Waals surface area contributed by atoms with Crippen molar-refractivity contribution in [2.24, 2.45) is 0 Å². The van der Waals surface area contributed by atoms with Crippen LogP contribution in [-0.2, 0) is 14.8 Å². The van der Waals surface area contributed by atoms with Gasteiger partial charge in [-0.05, 0) is 57.2 Å². The van der Waals surface area contributed by atoms with Crippen molar-refractivity contribution in [2.45, 2.75) is 31.2 Å². The molecule has 3 aromatic carbocycles. The van der Waals surface area contributed by atoms with Gasteiger partial charge in [0.2, 0.25) is 0 Å². The van der Waals surface area contributed by atoms with Gasteiger partial charge in [-0.3, -0.25) is 4.31 Å². The largest absolute Gasteiger partial charge is 0.497 e. The molecule has 3 aromatic rings. The number of hydrogen-bond donors (Lipinski definition) is 1. The minimum atomic E-state index is -4.20. The average Bonchev–Trinajstić information content (AvgIpc) is 2.88. The summed E-state index contributed by atoms with van der Waals surface area (Å²) in [5.74, 6) is -0.182. The molecule has 38 heavy (non-hydrogen) atoms. The summed E-state index contributed by atoms with van der Waals surface area (Å²) in [6, 6.07) is 15.3. The smallest absolute Gasteiger partial charge is 0.338 e. The molecule has 0 spiro atoms. The number of aliphatic hydroxyl groups is 1. The molecule has 0 fully saturated rings. The molecule has 0 amide bonds. The lowest BCUT2D eigenvalue weighted by atomic mass is 10.1. The van der Waals surface area contributed by atoms with Crippen molar-refractivity contribution < 1.29 is 37.3 Å². The van der Waals surface area contributed by atoms with E-state index >= 15 is 0 Å². The number of anilines is 1. The van der Waals surface area contributed by atoms with Crippen molar-refractivity contribution in [2.75, 3.05) is 31.7 Å². The quantitative estimate of drug-likeness (QED) is 0.331. The van der Waals surface area contributed by atoms with Gasteiger partial charge in [-0.15, -0.1) is 0 Å². The Balaban J connectivity index is 2.40. The highest BCUT2D eigenvalue weighted by molar-refractivity contribution is 7.93. The molecule has 0 radical (unpaired) electrons. The van der Waals surface area contributed by atoms with Crippen molar-refractivity contribution in [3.63, 3.8) is 0 Å². The van der Waals surface area contributed by atoms with E-state index in [4.69, 9.17) is 30.5 Å². The SMILES string of the molecule is COC(=O)c1cc(OCCO)c(Oc2cc(OC)ccc2Cl)c(N(C(C)(C)C)S(=O)(=O)c2ccccc2)c1. The Morgan fingerprint density at radius 1 is 1.00 bits per heavy atom. The molecule has 3 rings (SSSR count). The fourth-order valence-electron chi connectivity index (χ4n) is 3.69. The van der Waals surface area contributed by atoms with Crippen LogP contribution in [0.15, 0.2) is 65.6 Å². The van der Waals surface area contributed by atoms with Crippen molar-refractivity contribution in [1.82, 2.24) is 0 Å². The molecule has 204 valence electrons. The number of hydrogen-bond acceptors (Lipinski definition) is 8. The van der Waals surface area contributed by atoms with E-state index in [1.807, 2.05) is 0 Å². The molecule has 0 unspecified atom stereocenters.